The average molecular weight is 243 g/mol. The number of ether oxygens (including phenoxy) is 2. The van der Waals surface area contributed by atoms with E-state index in [1.807, 2.05) is 6.92 Å². The van der Waals surface area contributed by atoms with Crippen molar-refractivity contribution in [3.8, 4) is 11.5 Å². The highest BCUT2D eigenvalue weighted by Gasteiger charge is 2.09. The van der Waals surface area contributed by atoms with Gasteiger partial charge in [-0.3, -0.25) is 4.79 Å². The number of hydrogen-bond acceptors (Lipinski definition) is 3. The number of benzene rings is 1. The van der Waals surface area contributed by atoms with E-state index in [0.29, 0.717) is 23.7 Å². The molecular weight excluding hydrogens is 228 g/mol. The number of rotatable bonds is 5. The lowest BCUT2D eigenvalue weighted by molar-refractivity contribution is 0.101. The maximum atomic E-state index is 11.2. The molecule has 0 spiro atoms. The Bertz CT molecular complexity index is 375. The summed E-state index contributed by atoms with van der Waals surface area (Å²) in [5, 5.41) is -0.0720. The van der Waals surface area contributed by atoms with Crippen molar-refractivity contribution in [2.45, 2.75) is 19.2 Å². The number of carbonyl (C=O) groups is 1. The highest BCUT2D eigenvalue weighted by molar-refractivity contribution is 6.20. The topological polar surface area (TPSA) is 35.5 Å². The molecule has 0 bridgehead atoms. The molecule has 88 valence electrons. The zero-order chi connectivity index (χ0) is 12.1. The van der Waals surface area contributed by atoms with Crippen LogP contribution in [0.25, 0.3) is 0 Å². The Morgan fingerprint density at radius 1 is 1.44 bits per heavy atom. The van der Waals surface area contributed by atoms with Gasteiger partial charge in [0, 0.05) is 5.56 Å². The van der Waals surface area contributed by atoms with Crippen LogP contribution in [0.1, 0.15) is 24.2 Å². The Labute approximate surface area is 100 Å². The van der Waals surface area contributed by atoms with Crippen molar-refractivity contribution in [1.82, 2.24) is 0 Å². The Morgan fingerprint density at radius 3 is 2.62 bits per heavy atom. The lowest BCUT2D eigenvalue weighted by Gasteiger charge is -2.12. The number of hydrogen-bond donors (Lipinski definition) is 0. The second kappa shape index (κ2) is 5.75. The van der Waals surface area contributed by atoms with E-state index in [1.165, 1.54) is 14.0 Å². The molecule has 1 unspecified atom stereocenters. The van der Waals surface area contributed by atoms with Crippen LogP contribution in [0.3, 0.4) is 0 Å². The molecule has 1 aromatic rings. The third-order valence-electron chi connectivity index (χ3n) is 2.04. The molecule has 0 aliphatic carbocycles. The quantitative estimate of drug-likeness (QED) is 0.588. The molecule has 0 aromatic heterocycles. The van der Waals surface area contributed by atoms with Crippen LogP contribution in [0, 0.1) is 0 Å². The van der Waals surface area contributed by atoms with Crippen molar-refractivity contribution >= 4 is 17.4 Å². The van der Waals surface area contributed by atoms with Crippen molar-refractivity contribution in [2.75, 3.05) is 13.7 Å². The van der Waals surface area contributed by atoms with Crippen molar-refractivity contribution in [3.05, 3.63) is 23.8 Å². The van der Waals surface area contributed by atoms with Gasteiger partial charge in [0.25, 0.3) is 0 Å². The summed E-state index contributed by atoms with van der Waals surface area (Å²) in [4.78, 5) is 11.2. The van der Waals surface area contributed by atoms with Gasteiger partial charge in [-0.25, -0.2) is 0 Å². The van der Waals surface area contributed by atoms with Gasteiger partial charge in [-0.15, -0.1) is 11.6 Å². The van der Waals surface area contributed by atoms with Crippen LogP contribution in [-0.2, 0) is 0 Å². The van der Waals surface area contributed by atoms with E-state index in [2.05, 4.69) is 0 Å². The van der Waals surface area contributed by atoms with E-state index in [9.17, 15) is 4.79 Å². The molecule has 0 N–H and O–H groups in total. The Kier molecular flexibility index (Phi) is 4.62. The number of ketones is 1. The third-order valence-corrected chi connectivity index (χ3v) is 2.16. The first-order valence-electron chi connectivity index (χ1n) is 5.00. The Morgan fingerprint density at radius 2 is 2.12 bits per heavy atom. The van der Waals surface area contributed by atoms with E-state index in [0.717, 1.165) is 0 Å². The highest BCUT2D eigenvalue weighted by Crippen LogP contribution is 2.28. The second-order valence-electron chi connectivity index (χ2n) is 3.51. The SMILES string of the molecule is COc1cc(C(C)=O)ccc1OCC(C)Cl. The van der Waals surface area contributed by atoms with Crippen molar-refractivity contribution in [2.24, 2.45) is 0 Å². The fraction of sp³-hybridized carbons (Fsp3) is 0.417. The van der Waals surface area contributed by atoms with Crippen molar-refractivity contribution in [3.63, 3.8) is 0 Å². The van der Waals surface area contributed by atoms with E-state index < -0.39 is 0 Å². The lowest BCUT2D eigenvalue weighted by Crippen LogP contribution is -2.08. The van der Waals surface area contributed by atoms with Gasteiger partial charge in [0.05, 0.1) is 12.5 Å². The van der Waals surface area contributed by atoms with Gasteiger partial charge in [-0.1, -0.05) is 0 Å². The summed E-state index contributed by atoms with van der Waals surface area (Å²) >= 11 is 5.78. The average Bonchev–Trinajstić information content (AvgIpc) is 2.25. The summed E-state index contributed by atoms with van der Waals surface area (Å²) in [5.74, 6) is 1.14. The molecule has 1 aromatic carbocycles. The molecule has 0 fully saturated rings. The van der Waals surface area contributed by atoms with Crippen molar-refractivity contribution in [1.29, 1.82) is 0 Å². The highest BCUT2D eigenvalue weighted by atomic mass is 35.5. The van der Waals surface area contributed by atoms with E-state index in [-0.39, 0.29) is 11.2 Å². The van der Waals surface area contributed by atoms with Gasteiger partial charge >= 0.3 is 0 Å². The standard InChI is InChI=1S/C12H15ClO3/c1-8(13)7-16-11-5-4-10(9(2)14)6-12(11)15-3/h4-6,8H,7H2,1-3H3. The fourth-order valence-electron chi connectivity index (χ4n) is 1.21. The maximum Gasteiger partial charge on any atom is 0.161 e. The largest absolute Gasteiger partial charge is 0.493 e. The Hall–Kier alpha value is -1.22. The predicted molar refractivity (Wildman–Crippen MR) is 63.8 cm³/mol. The van der Waals surface area contributed by atoms with Gasteiger partial charge in [-0.05, 0) is 32.0 Å². The molecule has 0 aliphatic heterocycles. The molecule has 3 nitrogen and oxygen atoms in total. The number of Topliss-reactive ketones (excluding diaryl/α,β-unsaturated/α-hetero) is 1. The van der Waals surface area contributed by atoms with E-state index in [1.54, 1.807) is 18.2 Å². The molecule has 0 aliphatic rings. The van der Waals surface area contributed by atoms with Crippen molar-refractivity contribution < 1.29 is 14.3 Å². The minimum atomic E-state index is -0.0720. The van der Waals surface area contributed by atoms with Crippen LogP contribution in [0.5, 0.6) is 11.5 Å². The first-order chi connectivity index (χ1) is 7.54. The first-order valence-corrected chi connectivity index (χ1v) is 5.44. The molecule has 0 heterocycles. The van der Waals surface area contributed by atoms with Crippen LogP contribution in [0.15, 0.2) is 18.2 Å². The molecule has 1 atom stereocenters. The summed E-state index contributed by atoms with van der Waals surface area (Å²) in [6.07, 6.45) is 0. The number of methoxy groups -OCH3 is 1. The summed E-state index contributed by atoms with van der Waals surface area (Å²) in [5.41, 5.74) is 0.600. The zero-order valence-corrected chi connectivity index (χ0v) is 10.4. The van der Waals surface area contributed by atoms with Crippen LogP contribution in [-0.4, -0.2) is 24.9 Å². The zero-order valence-electron chi connectivity index (χ0n) is 9.62. The first kappa shape index (κ1) is 12.8. The summed E-state index contributed by atoms with van der Waals surface area (Å²) in [6.45, 7) is 3.76. The summed E-state index contributed by atoms with van der Waals surface area (Å²) in [7, 11) is 1.54. The normalized spacial score (nSPS) is 12.0. The van der Waals surface area contributed by atoms with Crippen LogP contribution >= 0.6 is 11.6 Å². The van der Waals surface area contributed by atoms with Crippen LogP contribution < -0.4 is 9.47 Å². The Balaban J connectivity index is 2.89. The monoisotopic (exact) mass is 242 g/mol. The van der Waals surface area contributed by atoms with Crippen LogP contribution in [0.2, 0.25) is 0 Å². The van der Waals surface area contributed by atoms with E-state index in [4.69, 9.17) is 21.1 Å². The molecule has 0 saturated heterocycles. The van der Waals surface area contributed by atoms with Gasteiger partial charge in [0.2, 0.25) is 0 Å². The molecule has 16 heavy (non-hydrogen) atoms. The number of halogens is 1. The van der Waals surface area contributed by atoms with Crippen LogP contribution in [0.4, 0.5) is 0 Å². The molecular formula is C12H15ClO3. The van der Waals surface area contributed by atoms with E-state index >= 15 is 0 Å². The summed E-state index contributed by atoms with van der Waals surface area (Å²) in [6, 6.07) is 5.09. The second-order valence-corrected chi connectivity index (χ2v) is 4.26. The lowest BCUT2D eigenvalue weighted by atomic mass is 10.1. The molecule has 4 heteroatoms. The predicted octanol–water partition coefficient (Wildman–Crippen LogP) is 2.90. The molecule has 0 radical (unpaired) electrons. The third kappa shape index (κ3) is 3.42. The van der Waals surface area contributed by atoms with Gasteiger partial charge in [-0.2, -0.15) is 0 Å². The maximum absolute atomic E-state index is 11.2. The molecule has 0 amide bonds. The minimum Gasteiger partial charge on any atom is -0.493 e. The van der Waals surface area contributed by atoms with Gasteiger partial charge in [0.15, 0.2) is 17.3 Å². The smallest absolute Gasteiger partial charge is 0.161 e. The number of alkyl halides is 1. The molecule has 0 saturated carbocycles. The van der Waals surface area contributed by atoms with Gasteiger partial charge in [0.1, 0.15) is 6.61 Å². The molecule has 1 rings (SSSR count). The fourth-order valence-corrected chi connectivity index (χ4v) is 1.27. The minimum absolute atomic E-state index is 0.00411. The van der Waals surface area contributed by atoms with Gasteiger partial charge < -0.3 is 9.47 Å². The number of carbonyl (C=O) groups excluding carboxylic acids is 1. The summed E-state index contributed by atoms with van der Waals surface area (Å²) < 4.78 is 10.6.